The molecule has 0 fully saturated rings. The number of ether oxygens (including phenoxy) is 1. The lowest BCUT2D eigenvalue weighted by Gasteiger charge is -1.94. The summed E-state index contributed by atoms with van der Waals surface area (Å²) < 4.78 is 4.84. The van der Waals surface area contributed by atoms with Crippen molar-refractivity contribution in [3.05, 3.63) is 23.6 Å². The summed E-state index contributed by atoms with van der Waals surface area (Å²) in [5, 5.41) is 0. The highest BCUT2D eigenvalue weighted by molar-refractivity contribution is 5.28. The van der Waals surface area contributed by atoms with Crippen LogP contribution >= 0.6 is 0 Å². The maximum Gasteiger partial charge on any atom is 0.212 e. The Kier molecular flexibility index (Phi) is 4.29. The SMILES string of the molecule is C=N/C(=C\C=C(C)C)OC. The van der Waals surface area contributed by atoms with Crippen molar-refractivity contribution in [1.29, 1.82) is 0 Å². The third-order valence-corrected chi connectivity index (χ3v) is 0.924. The summed E-state index contributed by atoms with van der Waals surface area (Å²) >= 11 is 0. The van der Waals surface area contributed by atoms with Gasteiger partial charge in [-0.1, -0.05) is 11.6 Å². The molecule has 0 saturated carbocycles. The first-order valence-corrected chi connectivity index (χ1v) is 3.06. The first-order valence-electron chi connectivity index (χ1n) is 3.06. The molecule has 0 aromatic heterocycles. The van der Waals surface area contributed by atoms with Gasteiger partial charge in [0.1, 0.15) is 0 Å². The molecule has 0 aliphatic heterocycles. The minimum absolute atomic E-state index is 0.543. The van der Waals surface area contributed by atoms with Crippen LogP contribution in [0.2, 0.25) is 0 Å². The number of nitrogens with zero attached hydrogens (tertiary/aromatic N) is 1. The molecule has 0 unspecified atom stereocenters. The van der Waals surface area contributed by atoms with Crippen molar-refractivity contribution in [3.8, 4) is 0 Å². The molecule has 0 N–H and O–H groups in total. The van der Waals surface area contributed by atoms with E-state index in [9.17, 15) is 0 Å². The number of hydrogen-bond donors (Lipinski definition) is 0. The molecule has 0 aromatic carbocycles. The Morgan fingerprint density at radius 1 is 1.40 bits per heavy atom. The fourth-order valence-corrected chi connectivity index (χ4v) is 0.423. The van der Waals surface area contributed by atoms with E-state index < -0.39 is 0 Å². The Morgan fingerprint density at radius 2 is 2.00 bits per heavy atom. The summed E-state index contributed by atoms with van der Waals surface area (Å²) in [4.78, 5) is 3.62. The van der Waals surface area contributed by atoms with Crippen LogP contribution in [-0.2, 0) is 4.74 Å². The molecule has 0 atom stereocenters. The van der Waals surface area contributed by atoms with E-state index in [2.05, 4.69) is 11.7 Å². The maximum atomic E-state index is 4.84. The van der Waals surface area contributed by atoms with Crippen LogP contribution in [0.3, 0.4) is 0 Å². The van der Waals surface area contributed by atoms with Crippen molar-refractivity contribution in [2.24, 2.45) is 4.99 Å². The molecule has 0 bridgehead atoms. The lowest BCUT2D eigenvalue weighted by molar-refractivity contribution is 0.289. The summed E-state index contributed by atoms with van der Waals surface area (Å²) in [6.45, 7) is 7.35. The van der Waals surface area contributed by atoms with E-state index in [1.165, 1.54) is 5.57 Å². The molecule has 0 heterocycles. The second-order valence-electron chi connectivity index (χ2n) is 2.11. The van der Waals surface area contributed by atoms with Gasteiger partial charge in [-0.05, 0) is 20.6 Å². The number of aliphatic imine (C=N–C) groups is 1. The van der Waals surface area contributed by atoms with Crippen LogP contribution < -0.4 is 0 Å². The summed E-state index contributed by atoms with van der Waals surface area (Å²) in [7, 11) is 1.57. The smallest absolute Gasteiger partial charge is 0.212 e. The van der Waals surface area contributed by atoms with Gasteiger partial charge in [-0.3, -0.25) is 0 Å². The quantitative estimate of drug-likeness (QED) is 0.333. The molecule has 2 heteroatoms. The standard InChI is InChI=1S/C8H13NO/c1-7(2)5-6-8(9-3)10-4/h5-6H,3H2,1-2,4H3/b8-6+. The van der Waals surface area contributed by atoms with Crippen molar-refractivity contribution in [2.45, 2.75) is 13.8 Å². The molecule has 0 saturated heterocycles. The normalized spacial score (nSPS) is 10.5. The van der Waals surface area contributed by atoms with Gasteiger partial charge in [0.2, 0.25) is 5.88 Å². The van der Waals surface area contributed by atoms with Crippen molar-refractivity contribution < 1.29 is 4.74 Å². The van der Waals surface area contributed by atoms with Crippen molar-refractivity contribution in [1.82, 2.24) is 0 Å². The topological polar surface area (TPSA) is 21.6 Å². The largest absolute Gasteiger partial charge is 0.481 e. The van der Waals surface area contributed by atoms with E-state index in [-0.39, 0.29) is 0 Å². The van der Waals surface area contributed by atoms with Gasteiger partial charge in [-0.25, -0.2) is 4.99 Å². The van der Waals surface area contributed by atoms with E-state index in [0.717, 1.165) is 0 Å². The summed E-state index contributed by atoms with van der Waals surface area (Å²) in [6.07, 6.45) is 3.70. The molecule has 0 radical (unpaired) electrons. The second kappa shape index (κ2) is 4.79. The maximum absolute atomic E-state index is 4.84. The average molecular weight is 139 g/mol. The molecule has 0 amide bonds. The average Bonchev–Trinajstić information content (AvgIpc) is 1.90. The van der Waals surface area contributed by atoms with E-state index in [4.69, 9.17) is 4.74 Å². The highest BCUT2D eigenvalue weighted by Crippen LogP contribution is 1.98. The molecule has 56 valence electrons. The lowest BCUT2D eigenvalue weighted by Crippen LogP contribution is -1.78. The molecule has 0 spiro atoms. The lowest BCUT2D eigenvalue weighted by atomic mass is 10.3. The van der Waals surface area contributed by atoms with Gasteiger partial charge < -0.3 is 4.74 Å². The zero-order valence-corrected chi connectivity index (χ0v) is 6.72. The van der Waals surface area contributed by atoms with Crippen molar-refractivity contribution in [3.63, 3.8) is 0 Å². The minimum Gasteiger partial charge on any atom is -0.481 e. The highest BCUT2D eigenvalue weighted by atomic mass is 16.5. The molecule has 2 nitrogen and oxygen atoms in total. The van der Waals surface area contributed by atoms with Crippen LogP contribution in [0.25, 0.3) is 0 Å². The van der Waals surface area contributed by atoms with Gasteiger partial charge in [-0.2, -0.15) is 0 Å². The minimum atomic E-state index is 0.543. The van der Waals surface area contributed by atoms with Gasteiger partial charge in [-0.15, -0.1) is 0 Å². The molecule has 0 rings (SSSR count). The first-order chi connectivity index (χ1) is 4.70. The van der Waals surface area contributed by atoms with E-state index in [1.54, 1.807) is 13.2 Å². The van der Waals surface area contributed by atoms with Crippen LogP contribution in [-0.4, -0.2) is 13.8 Å². The zero-order chi connectivity index (χ0) is 7.98. The summed E-state index contributed by atoms with van der Waals surface area (Å²) in [5.41, 5.74) is 1.21. The number of allylic oxidation sites excluding steroid dienone is 3. The van der Waals surface area contributed by atoms with Gasteiger partial charge >= 0.3 is 0 Å². The second-order valence-corrected chi connectivity index (χ2v) is 2.11. The van der Waals surface area contributed by atoms with Gasteiger partial charge in [0.15, 0.2) is 0 Å². The fraction of sp³-hybridized carbons (Fsp3) is 0.375. The van der Waals surface area contributed by atoms with Gasteiger partial charge in [0.25, 0.3) is 0 Å². The van der Waals surface area contributed by atoms with Crippen LogP contribution in [0.5, 0.6) is 0 Å². The van der Waals surface area contributed by atoms with Crippen LogP contribution in [0.4, 0.5) is 0 Å². The Bertz CT molecular complexity index is 164. The number of rotatable bonds is 3. The summed E-state index contributed by atoms with van der Waals surface area (Å²) in [6, 6.07) is 0. The third kappa shape index (κ3) is 3.89. The number of hydrogen-bond acceptors (Lipinski definition) is 2. The highest BCUT2D eigenvalue weighted by Gasteiger charge is 1.83. The molecular formula is C8H13NO. The Hall–Kier alpha value is -1.05. The first kappa shape index (κ1) is 8.95. The van der Waals surface area contributed by atoms with Gasteiger partial charge in [0.05, 0.1) is 7.11 Å². The predicted octanol–water partition coefficient (Wildman–Crippen LogP) is 2.14. The summed E-state index contributed by atoms with van der Waals surface area (Å²) in [5.74, 6) is 0.543. The zero-order valence-electron chi connectivity index (χ0n) is 6.72. The molecular weight excluding hydrogens is 126 g/mol. The van der Waals surface area contributed by atoms with Crippen molar-refractivity contribution >= 4 is 6.72 Å². The molecule has 0 aromatic rings. The van der Waals surface area contributed by atoms with Crippen molar-refractivity contribution in [2.75, 3.05) is 7.11 Å². The van der Waals surface area contributed by atoms with Gasteiger partial charge in [0, 0.05) is 6.08 Å². The molecule has 10 heavy (non-hydrogen) atoms. The van der Waals surface area contributed by atoms with Crippen LogP contribution in [0.1, 0.15) is 13.8 Å². The number of methoxy groups -OCH3 is 1. The fourth-order valence-electron chi connectivity index (χ4n) is 0.423. The Labute approximate surface area is 61.9 Å². The predicted molar refractivity (Wildman–Crippen MR) is 44.1 cm³/mol. The Morgan fingerprint density at radius 3 is 2.30 bits per heavy atom. The Balaban J connectivity index is 4.12. The third-order valence-electron chi connectivity index (χ3n) is 0.924. The molecule has 0 aliphatic rings. The monoisotopic (exact) mass is 139 g/mol. The van der Waals surface area contributed by atoms with Crippen LogP contribution in [0, 0.1) is 0 Å². The molecule has 0 aliphatic carbocycles. The van der Waals surface area contributed by atoms with E-state index in [0.29, 0.717) is 5.88 Å². The van der Waals surface area contributed by atoms with E-state index >= 15 is 0 Å². The van der Waals surface area contributed by atoms with E-state index in [1.807, 2.05) is 19.9 Å². The van der Waals surface area contributed by atoms with Crippen LogP contribution in [0.15, 0.2) is 28.6 Å².